The number of aromatic nitrogens is 1. The van der Waals surface area contributed by atoms with Crippen LogP contribution < -0.4 is 5.32 Å². The molecule has 1 aromatic heterocycles. The molecule has 5 nitrogen and oxygen atoms in total. The fourth-order valence-electron chi connectivity index (χ4n) is 5.87. The highest BCUT2D eigenvalue weighted by atomic mass is 35.5. The fourth-order valence-corrected chi connectivity index (χ4v) is 6.04. The summed E-state index contributed by atoms with van der Waals surface area (Å²) in [4.78, 5) is 17.0. The second-order valence-corrected chi connectivity index (χ2v) is 9.69. The number of methoxy groups -OCH3 is 1. The number of fused-ring (bicyclic) bond motifs is 2. The number of nitrogens with one attached hydrogen (secondary N) is 1. The van der Waals surface area contributed by atoms with Gasteiger partial charge < -0.3 is 15.2 Å². The van der Waals surface area contributed by atoms with E-state index >= 15 is 0 Å². The molecule has 1 heterocycles. The van der Waals surface area contributed by atoms with Crippen molar-refractivity contribution in [2.45, 2.75) is 56.4 Å². The summed E-state index contributed by atoms with van der Waals surface area (Å²) in [7, 11) is 1.45. The van der Waals surface area contributed by atoms with E-state index in [1.807, 2.05) is 6.07 Å². The molecule has 1 saturated carbocycles. The number of hydrogen-bond donors (Lipinski definition) is 2. The molecule has 0 aliphatic heterocycles. The second kappa shape index (κ2) is 8.79. The molecule has 2 aliphatic rings. The lowest BCUT2D eigenvalue weighted by atomic mass is 9.59. The smallest absolute Gasteiger partial charge is 0.331 e. The van der Waals surface area contributed by atoms with Gasteiger partial charge in [0.1, 0.15) is 10.7 Å². The molecular formula is C25H31ClN2O3. The van der Waals surface area contributed by atoms with Crippen molar-refractivity contribution >= 4 is 23.3 Å². The molecule has 1 fully saturated rings. The highest BCUT2D eigenvalue weighted by Gasteiger charge is 2.54. The van der Waals surface area contributed by atoms with Crippen LogP contribution >= 0.6 is 11.6 Å². The van der Waals surface area contributed by atoms with Gasteiger partial charge in [-0.15, -0.1) is 0 Å². The van der Waals surface area contributed by atoms with Crippen molar-refractivity contribution in [2.24, 2.45) is 11.8 Å². The average molecular weight is 443 g/mol. The van der Waals surface area contributed by atoms with Crippen molar-refractivity contribution in [2.75, 3.05) is 19.0 Å². The van der Waals surface area contributed by atoms with Gasteiger partial charge in [-0.1, -0.05) is 42.8 Å². The average Bonchev–Trinajstić information content (AvgIpc) is 3.07. The van der Waals surface area contributed by atoms with Gasteiger partial charge in [0.2, 0.25) is 0 Å². The SMILES string of the molecule is COC(=O)C1(Nc2ccnc(Cl)c2)CCC2(CC1)c1ccccc1CC2C[C@@H](C)CO. The van der Waals surface area contributed by atoms with Gasteiger partial charge in [0.15, 0.2) is 0 Å². The fraction of sp³-hybridized carbons (Fsp3) is 0.520. The van der Waals surface area contributed by atoms with E-state index < -0.39 is 5.54 Å². The number of carbonyl (C=O) groups excluding carboxylic acids is 1. The van der Waals surface area contributed by atoms with Crippen LogP contribution in [0.1, 0.15) is 50.2 Å². The molecule has 0 bridgehead atoms. The molecule has 2 aliphatic carbocycles. The Balaban J connectivity index is 1.64. The molecular weight excluding hydrogens is 412 g/mol. The summed E-state index contributed by atoms with van der Waals surface area (Å²) >= 11 is 6.07. The van der Waals surface area contributed by atoms with E-state index in [1.54, 1.807) is 12.3 Å². The first-order chi connectivity index (χ1) is 14.9. The Morgan fingerprint density at radius 2 is 2.03 bits per heavy atom. The number of halogens is 1. The minimum Gasteiger partial charge on any atom is -0.467 e. The van der Waals surface area contributed by atoms with Gasteiger partial charge in [-0.05, 0) is 79.0 Å². The van der Waals surface area contributed by atoms with Crippen LogP contribution in [0.15, 0.2) is 42.6 Å². The summed E-state index contributed by atoms with van der Waals surface area (Å²) in [5, 5.41) is 13.5. The zero-order valence-electron chi connectivity index (χ0n) is 18.2. The number of aliphatic hydroxyl groups excluding tert-OH is 1. The zero-order valence-corrected chi connectivity index (χ0v) is 19.0. The molecule has 0 saturated heterocycles. The Morgan fingerprint density at radius 1 is 1.29 bits per heavy atom. The topological polar surface area (TPSA) is 71.5 Å². The monoisotopic (exact) mass is 442 g/mol. The van der Waals surface area contributed by atoms with Crippen LogP contribution in [0.5, 0.6) is 0 Å². The maximum atomic E-state index is 13.0. The molecule has 166 valence electrons. The third-order valence-electron chi connectivity index (χ3n) is 7.48. The standard InChI is InChI=1S/C25H31ClN2O3/c1-17(16-29)13-19-14-18-5-3-4-6-21(18)24(19)8-10-25(11-9-24,23(30)31-2)28-20-7-12-27-22(26)15-20/h3-7,12,15,17,19,29H,8-11,13-14,16H2,1-2H3,(H,27,28)/t17-,19?,24?,25?/m1/s1. The van der Waals surface area contributed by atoms with E-state index in [2.05, 4.69) is 41.5 Å². The molecule has 1 spiro atoms. The number of anilines is 1. The highest BCUT2D eigenvalue weighted by molar-refractivity contribution is 6.29. The van der Waals surface area contributed by atoms with E-state index in [0.29, 0.717) is 23.9 Å². The molecule has 1 aromatic carbocycles. The Bertz CT molecular complexity index is 940. The number of pyridine rings is 1. The minimum absolute atomic E-state index is 0.0368. The molecule has 2 N–H and O–H groups in total. The van der Waals surface area contributed by atoms with Crippen molar-refractivity contribution < 1.29 is 14.6 Å². The predicted octanol–water partition coefficient (Wildman–Crippen LogP) is 4.76. The third-order valence-corrected chi connectivity index (χ3v) is 7.69. The molecule has 6 heteroatoms. The van der Waals surface area contributed by atoms with E-state index in [0.717, 1.165) is 31.4 Å². The number of rotatable bonds is 6. The number of carbonyl (C=O) groups is 1. The lowest BCUT2D eigenvalue weighted by Gasteiger charge is -2.47. The highest BCUT2D eigenvalue weighted by Crippen LogP contribution is 2.56. The molecule has 4 rings (SSSR count). The normalized spacial score (nSPS) is 28.2. The molecule has 0 amide bonds. The summed E-state index contributed by atoms with van der Waals surface area (Å²) < 4.78 is 5.24. The van der Waals surface area contributed by atoms with Crippen LogP contribution in [0.3, 0.4) is 0 Å². The molecule has 2 atom stereocenters. The van der Waals surface area contributed by atoms with Gasteiger partial charge >= 0.3 is 5.97 Å². The lowest BCUT2D eigenvalue weighted by molar-refractivity contribution is -0.148. The molecule has 2 aromatic rings. The largest absolute Gasteiger partial charge is 0.467 e. The number of esters is 1. The number of aliphatic hydroxyl groups is 1. The van der Waals surface area contributed by atoms with Crippen LogP contribution in [0.4, 0.5) is 5.69 Å². The Labute approximate surface area is 189 Å². The van der Waals surface area contributed by atoms with Crippen molar-refractivity contribution in [1.82, 2.24) is 4.98 Å². The zero-order chi connectivity index (χ0) is 22.1. The quantitative estimate of drug-likeness (QED) is 0.498. The van der Waals surface area contributed by atoms with Crippen molar-refractivity contribution in [3.63, 3.8) is 0 Å². The number of hydrogen-bond acceptors (Lipinski definition) is 5. The van der Waals surface area contributed by atoms with Crippen LogP contribution in [0, 0.1) is 11.8 Å². The Hall–Kier alpha value is -2.11. The van der Waals surface area contributed by atoms with Crippen molar-refractivity contribution in [3.8, 4) is 0 Å². The molecule has 1 unspecified atom stereocenters. The predicted molar refractivity (Wildman–Crippen MR) is 122 cm³/mol. The number of nitrogens with zero attached hydrogens (tertiary/aromatic N) is 1. The summed E-state index contributed by atoms with van der Waals surface area (Å²) in [6, 6.07) is 12.3. The third kappa shape index (κ3) is 4.06. The Morgan fingerprint density at radius 3 is 2.71 bits per heavy atom. The van der Waals surface area contributed by atoms with Crippen LogP contribution in [-0.4, -0.2) is 35.3 Å². The maximum Gasteiger partial charge on any atom is 0.331 e. The Kier molecular flexibility index (Phi) is 6.27. The molecule has 0 radical (unpaired) electrons. The van der Waals surface area contributed by atoms with E-state index in [9.17, 15) is 9.90 Å². The maximum absolute atomic E-state index is 13.0. The number of ether oxygens (including phenoxy) is 1. The van der Waals surface area contributed by atoms with Gasteiger partial charge in [0, 0.05) is 18.5 Å². The van der Waals surface area contributed by atoms with E-state index in [-0.39, 0.29) is 23.9 Å². The van der Waals surface area contributed by atoms with Crippen LogP contribution in [0.25, 0.3) is 0 Å². The summed E-state index contributed by atoms with van der Waals surface area (Å²) in [6.07, 6.45) is 6.82. The lowest BCUT2D eigenvalue weighted by Crippen LogP contribution is -2.53. The first-order valence-electron chi connectivity index (χ1n) is 11.1. The minimum atomic E-state index is -0.782. The van der Waals surface area contributed by atoms with E-state index in [1.165, 1.54) is 18.2 Å². The van der Waals surface area contributed by atoms with E-state index in [4.69, 9.17) is 16.3 Å². The van der Waals surface area contributed by atoms with Crippen molar-refractivity contribution in [1.29, 1.82) is 0 Å². The van der Waals surface area contributed by atoms with Crippen molar-refractivity contribution in [3.05, 3.63) is 58.9 Å². The van der Waals surface area contributed by atoms with Gasteiger partial charge in [-0.3, -0.25) is 0 Å². The number of benzene rings is 1. The summed E-state index contributed by atoms with van der Waals surface area (Å²) in [5.41, 5.74) is 2.87. The first-order valence-corrected chi connectivity index (χ1v) is 11.5. The van der Waals surface area contributed by atoms with Gasteiger partial charge in [-0.25, -0.2) is 9.78 Å². The summed E-state index contributed by atoms with van der Waals surface area (Å²) in [5.74, 6) is 0.500. The second-order valence-electron chi connectivity index (χ2n) is 9.30. The first kappa shape index (κ1) is 22.1. The van der Waals surface area contributed by atoms with Gasteiger partial charge in [0.25, 0.3) is 0 Å². The summed E-state index contributed by atoms with van der Waals surface area (Å²) in [6.45, 7) is 2.33. The van der Waals surface area contributed by atoms with Crippen LogP contribution in [-0.2, 0) is 21.4 Å². The van der Waals surface area contributed by atoms with Crippen LogP contribution in [0.2, 0.25) is 5.15 Å². The molecule has 31 heavy (non-hydrogen) atoms. The van der Waals surface area contributed by atoms with Gasteiger partial charge in [0.05, 0.1) is 7.11 Å². The van der Waals surface area contributed by atoms with Gasteiger partial charge in [-0.2, -0.15) is 0 Å².